The molecular weight excluding hydrogens is 371 g/mol. The molecule has 1 heterocycles. The van der Waals surface area contributed by atoms with E-state index in [1.165, 1.54) is 4.90 Å². The Morgan fingerprint density at radius 1 is 0.897 bits per heavy atom. The number of carbonyl (C=O) groups excluding carboxylic acids is 1. The van der Waals surface area contributed by atoms with Gasteiger partial charge in [-0.2, -0.15) is 0 Å². The van der Waals surface area contributed by atoms with Crippen LogP contribution in [0.5, 0.6) is 0 Å². The molecule has 0 spiro atoms. The maximum atomic E-state index is 12.9. The summed E-state index contributed by atoms with van der Waals surface area (Å²) in [6.07, 6.45) is -0.682. The maximum Gasteiger partial charge on any atom is 0.328 e. The van der Waals surface area contributed by atoms with E-state index in [0.717, 1.165) is 11.1 Å². The van der Waals surface area contributed by atoms with E-state index in [2.05, 4.69) is 26.0 Å². The fourth-order valence-corrected chi connectivity index (χ4v) is 3.15. The second kappa shape index (κ2) is 8.39. The summed E-state index contributed by atoms with van der Waals surface area (Å²) in [6, 6.07) is 23.8. The van der Waals surface area contributed by atoms with E-state index < -0.39 is 19.0 Å². The van der Waals surface area contributed by atoms with E-state index in [1.807, 2.05) is 48.5 Å². The van der Waals surface area contributed by atoms with Crippen LogP contribution in [0, 0.1) is 0 Å². The monoisotopic (exact) mass is 388 g/mol. The summed E-state index contributed by atoms with van der Waals surface area (Å²) < 4.78 is 12.9. The molecule has 0 atom stereocenters. The lowest BCUT2D eigenvalue weighted by Crippen LogP contribution is -2.37. The van der Waals surface area contributed by atoms with Gasteiger partial charge in [-0.1, -0.05) is 54.6 Å². The number of carbonyl (C=O) groups is 1. The van der Waals surface area contributed by atoms with Crippen molar-refractivity contribution < 1.29 is 9.18 Å². The number of alkyl halides is 1. The third kappa shape index (κ3) is 3.86. The predicted octanol–water partition coefficient (Wildman–Crippen LogP) is 5.96. The van der Waals surface area contributed by atoms with Crippen molar-refractivity contribution in [2.75, 3.05) is 11.7 Å². The molecule has 4 rings (SSSR count). The number of amides is 2. The number of nitrogens with zero attached hydrogens (tertiary/aromatic N) is 5. The van der Waals surface area contributed by atoms with E-state index in [1.54, 1.807) is 30.3 Å². The third-order valence-corrected chi connectivity index (χ3v) is 4.45. The standard InChI is InChI=1S/C21H17FN6O/c22-14-23-21(29)28(17-9-5-2-6-10-17)19-12-11-16(15-7-3-1-4-8-15)13-18(19)20-24-26-27-25-20/h1-13,20H,14H2,(H,23,29). The highest BCUT2D eigenvalue weighted by Gasteiger charge is 2.26. The number of nitrogens with one attached hydrogen (secondary N) is 1. The molecule has 0 bridgehead atoms. The van der Waals surface area contributed by atoms with Crippen molar-refractivity contribution in [2.45, 2.75) is 6.17 Å². The molecule has 7 nitrogen and oxygen atoms in total. The van der Waals surface area contributed by atoms with Crippen LogP contribution in [0.2, 0.25) is 0 Å². The van der Waals surface area contributed by atoms with E-state index in [0.29, 0.717) is 16.9 Å². The highest BCUT2D eigenvalue weighted by molar-refractivity contribution is 6.00. The van der Waals surface area contributed by atoms with Crippen LogP contribution in [0.1, 0.15) is 11.7 Å². The lowest BCUT2D eigenvalue weighted by molar-refractivity contribution is 0.243. The molecule has 29 heavy (non-hydrogen) atoms. The minimum atomic E-state index is -0.984. The molecule has 0 aromatic heterocycles. The van der Waals surface area contributed by atoms with Gasteiger partial charge in [0.2, 0.25) is 6.17 Å². The second-order valence-electron chi connectivity index (χ2n) is 6.21. The summed E-state index contributed by atoms with van der Waals surface area (Å²) in [4.78, 5) is 14.1. The lowest BCUT2D eigenvalue weighted by atomic mass is 9.99. The van der Waals surface area contributed by atoms with Gasteiger partial charge >= 0.3 is 6.03 Å². The molecule has 2 amide bonds. The van der Waals surface area contributed by atoms with Crippen molar-refractivity contribution in [3.05, 3.63) is 84.4 Å². The first-order chi connectivity index (χ1) is 14.3. The van der Waals surface area contributed by atoms with Crippen LogP contribution < -0.4 is 10.2 Å². The minimum absolute atomic E-state index is 0.520. The van der Waals surface area contributed by atoms with Crippen LogP contribution in [0.15, 0.2) is 99.5 Å². The molecule has 8 heteroatoms. The Bertz CT molecular complexity index is 1040. The van der Waals surface area contributed by atoms with Crippen molar-refractivity contribution in [1.29, 1.82) is 0 Å². The number of hydrogen-bond acceptors (Lipinski definition) is 5. The molecule has 1 N–H and O–H groups in total. The van der Waals surface area contributed by atoms with Crippen LogP contribution >= 0.6 is 0 Å². The summed E-state index contributed by atoms with van der Waals surface area (Å²) in [5, 5.41) is 17.5. The zero-order valence-corrected chi connectivity index (χ0v) is 15.3. The summed E-state index contributed by atoms with van der Waals surface area (Å²) in [5.41, 5.74) is 3.67. The number of para-hydroxylation sites is 1. The van der Waals surface area contributed by atoms with E-state index in [4.69, 9.17) is 0 Å². The van der Waals surface area contributed by atoms with Crippen molar-refractivity contribution in [3.63, 3.8) is 0 Å². The highest BCUT2D eigenvalue weighted by Crippen LogP contribution is 2.38. The van der Waals surface area contributed by atoms with Crippen molar-refractivity contribution >= 4 is 17.4 Å². The maximum absolute atomic E-state index is 12.9. The SMILES string of the molecule is O=C(NCF)N(c1ccccc1)c1ccc(-c2ccccc2)cc1C1N=NN=N1. The molecule has 0 radical (unpaired) electrons. The zero-order valence-electron chi connectivity index (χ0n) is 15.3. The summed E-state index contributed by atoms with van der Waals surface area (Å²) in [5.74, 6) is 0. The van der Waals surface area contributed by atoms with Gasteiger partial charge in [0.05, 0.1) is 11.4 Å². The minimum Gasteiger partial charge on any atom is -0.310 e. The van der Waals surface area contributed by atoms with E-state index in [-0.39, 0.29) is 0 Å². The van der Waals surface area contributed by atoms with E-state index >= 15 is 0 Å². The molecular formula is C21H17FN6O. The number of benzene rings is 3. The number of rotatable bonds is 5. The molecule has 0 unspecified atom stereocenters. The molecule has 0 fully saturated rings. The van der Waals surface area contributed by atoms with Crippen molar-refractivity contribution in [3.8, 4) is 11.1 Å². The van der Waals surface area contributed by atoms with Crippen molar-refractivity contribution in [2.24, 2.45) is 20.7 Å². The average molecular weight is 388 g/mol. The number of anilines is 2. The van der Waals surface area contributed by atoms with Gasteiger partial charge < -0.3 is 5.32 Å². The fourth-order valence-electron chi connectivity index (χ4n) is 3.15. The number of hydrogen-bond donors (Lipinski definition) is 1. The van der Waals surface area contributed by atoms with Gasteiger partial charge in [0.1, 0.15) is 0 Å². The number of urea groups is 1. The topological polar surface area (TPSA) is 81.8 Å². The van der Waals surface area contributed by atoms with Gasteiger partial charge in [-0.05, 0) is 45.8 Å². The second-order valence-corrected chi connectivity index (χ2v) is 6.21. The van der Waals surface area contributed by atoms with Crippen LogP contribution in [0.3, 0.4) is 0 Å². The largest absolute Gasteiger partial charge is 0.328 e. The molecule has 3 aromatic carbocycles. The zero-order chi connectivity index (χ0) is 20.1. The summed E-state index contributed by atoms with van der Waals surface area (Å²) >= 11 is 0. The Kier molecular flexibility index (Phi) is 5.33. The Morgan fingerprint density at radius 2 is 1.55 bits per heavy atom. The van der Waals surface area contributed by atoms with Crippen molar-refractivity contribution in [1.82, 2.24) is 5.32 Å². The number of halogens is 1. The Morgan fingerprint density at radius 3 is 2.21 bits per heavy atom. The van der Waals surface area contributed by atoms with Crippen LogP contribution in [-0.2, 0) is 0 Å². The quantitative estimate of drug-likeness (QED) is 0.538. The normalized spacial score (nSPS) is 12.9. The first-order valence-electron chi connectivity index (χ1n) is 8.96. The lowest BCUT2D eigenvalue weighted by Gasteiger charge is -2.26. The molecule has 1 aliphatic heterocycles. The van der Waals surface area contributed by atoms with Gasteiger partial charge in [0, 0.05) is 5.56 Å². The molecule has 144 valence electrons. The molecule has 0 saturated heterocycles. The third-order valence-electron chi connectivity index (χ3n) is 4.45. The molecule has 1 aliphatic rings. The summed E-state index contributed by atoms with van der Waals surface area (Å²) in [6.45, 7) is -0.984. The Labute approximate surface area is 166 Å². The van der Waals surface area contributed by atoms with Gasteiger partial charge in [-0.3, -0.25) is 4.90 Å². The smallest absolute Gasteiger partial charge is 0.310 e. The molecule has 0 aliphatic carbocycles. The van der Waals surface area contributed by atoms with Gasteiger partial charge in [-0.25, -0.2) is 9.18 Å². The van der Waals surface area contributed by atoms with Gasteiger partial charge in [-0.15, -0.1) is 10.2 Å². The fraction of sp³-hybridized carbons (Fsp3) is 0.0952. The molecule has 3 aromatic rings. The Hall–Kier alpha value is -3.94. The summed E-state index contributed by atoms with van der Waals surface area (Å²) in [7, 11) is 0. The first kappa shape index (κ1) is 18.4. The van der Waals surface area contributed by atoms with Gasteiger partial charge in [0.15, 0.2) is 6.80 Å². The van der Waals surface area contributed by atoms with Crippen LogP contribution in [-0.4, -0.2) is 12.8 Å². The average Bonchev–Trinajstić information content (AvgIpc) is 3.31. The Balaban J connectivity index is 1.87. The van der Waals surface area contributed by atoms with Gasteiger partial charge in [0.25, 0.3) is 0 Å². The van der Waals surface area contributed by atoms with Crippen LogP contribution in [0.25, 0.3) is 11.1 Å². The molecule has 0 saturated carbocycles. The highest BCUT2D eigenvalue weighted by atomic mass is 19.1. The predicted molar refractivity (Wildman–Crippen MR) is 107 cm³/mol. The first-order valence-corrected chi connectivity index (χ1v) is 8.96. The van der Waals surface area contributed by atoms with E-state index in [9.17, 15) is 9.18 Å². The van der Waals surface area contributed by atoms with Crippen LogP contribution in [0.4, 0.5) is 20.6 Å².